The summed E-state index contributed by atoms with van der Waals surface area (Å²) in [6.07, 6.45) is 1.42. The number of hydrogen-bond acceptors (Lipinski definition) is 2. The number of fused-ring (bicyclic) bond motifs is 2. The Labute approximate surface area is 70.0 Å². The van der Waals surface area contributed by atoms with Crippen LogP contribution in [0.1, 0.15) is 20.3 Å². The summed E-state index contributed by atoms with van der Waals surface area (Å²) in [5.41, 5.74) is 0. The van der Waals surface area contributed by atoms with Crippen LogP contribution in [-0.2, 0) is 0 Å². The third-order valence-corrected chi connectivity index (χ3v) is 2.41. The maximum Gasteiger partial charge on any atom is 0.0198 e. The van der Waals surface area contributed by atoms with Crippen molar-refractivity contribution in [3.8, 4) is 0 Å². The Hall–Kier alpha value is -0.0800. The molecule has 2 nitrogen and oxygen atoms in total. The second-order valence-electron chi connectivity index (χ2n) is 3.43. The molecular weight excluding hydrogens is 136 g/mol. The first-order valence-electron chi connectivity index (χ1n) is 4.76. The molecular formula is C9H20N2. The molecule has 0 spiro atoms. The van der Waals surface area contributed by atoms with Crippen molar-refractivity contribution in [2.75, 3.05) is 26.7 Å². The fourth-order valence-corrected chi connectivity index (χ4v) is 2.07. The molecule has 2 unspecified atom stereocenters. The second-order valence-corrected chi connectivity index (χ2v) is 3.43. The molecule has 2 aliphatic rings. The van der Waals surface area contributed by atoms with Gasteiger partial charge in [0.05, 0.1) is 0 Å². The van der Waals surface area contributed by atoms with E-state index >= 15 is 0 Å². The minimum atomic E-state index is 0.814. The van der Waals surface area contributed by atoms with Crippen LogP contribution in [-0.4, -0.2) is 37.6 Å². The molecule has 0 amide bonds. The third kappa shape index (κ3) is 2.17. The summed E-state index contributed by atoms with van der Waals surface area (Å²) in [6.45, 7) is 7.83. The van der Waals surface area contributed by atoms with Gasteiger partial charge in [-0.3, -0.25) is 0 Å². The summed E-state index contributed by atoms with van der Waals surface area (Å²) in [6, 6.07) is 0.814. The van der Waals surface area contributed by atoms with Crippen molar-refractivity contribution in [2.24, 2.45) is 5.92 Å². The molecule has 1 N–H and O–H groups in total. The summed E-state index contributed by atoms with van der Waals surface area (Å²) >= 11 is 0. The van der Waals surface area contributed by atoms with E-state index in [1.165, 1.54) is 26.1 Å². The summed E-state index contributed by atoms with van der Waals surface area (Å²) in [5, 5.41) is 3.51. The van der Waals surface area contributed by atoms with Crippen LogP contribution < -0.4 is 5.32 Å². The molecule has 0 aromatic heterocycles. The van der Waals surface area contributed by atoms with Crippen LogP contribution in [0.4, 0.5) is 0 Å². The summed E-state index contributed by atoms with van der Waals surface area (Å²) in [5.74, 6) is 0.953. The van der Waals surface area contributed by atoms with Crippen molar-refractivity contribution in [1.29, 1.82) is 0 Å². The minimum Gasteiger partial charge on any atom is -0.312 e. The van der Waals surface area contributed by atoms with E-state index in [-0.39, 0.29) is 0 Å². The first-order chi connectivity index (χ1) is 5.34. The Bertz CT molecular complexity index is 102. The monoisotopic (exact) mass is 156 g/mol. The van der Waals surface area contributed by atoms with Crippen LogP contribution in [0.5, 0.6) is 0 Å². The van der Waals surface area contributed by atoms with Gasteiger partial charge in [-0.1, -0.05) is 13.8 Å². The first-order valence-corrected chi connectivity index (χ1v) is 4.76. The number of nitrogens with zero attached hydrogens (tertiary/aromatic N) is 1. The van der Waals surface area contributed by atoms with Crippen molar-refractivity contribution in [3.63, 3.8) is 0 Å². The molecule has 66 valence electrons. The summed E-state index contributed by atoms with van der Waals surface area (Å²) < 4.78 is 0. The van der Waals surface area contributed by atoms with Gasteiger partial charge in [0.2, 0.25) is 0 Å². The van der Waals surface area contributed by atoms with Gasteiger partial charge in [-0.2, -0.15) is 0 Å². The Morgan fingerprint density at radius 1 is 1.27 bits per heavy atom. The molecule has 2 atom stereocenters. The zero-order chi connectivity index (χ0) is 8.27. The number of nitrogens with one attached hydrogen (secondary N) is 1. The molecule has 2 bridgehead atoms. The lowest BCUT2D eigenvalue weighted by molar-refractivity contribution is 0.233. The minimum absolute atomic E-state index is 0.814. The highest BCUT2D eigenvalue weighted by molar-refractivity contribution is 4.89. The van der Waals surface area contributed by atoms with Crippen LogP contribution in [0.25, 0.3) is 0 Å². The molecule has 0 aromatic carbocycles. The molecule has 0 aliphatic carbocycles. The van der Waals surface area contributed by atoms with Crippen LogP contribution in [0.15, 0.2) is 0 Å². The average molecular weight is 156 g/mol. The topological polar surface area (TPSA) is 15.3 Å². The number of piperidine rings is 1. The van der Waals surface area contributed by atoms with Crippen LogP contribution in [0.2, 0.25) is 0 Å². The van der Waals surface area contributed by atoms with Gasteiger partial charge < -0.3 is 10.2 Å². The van der Waals surface area contributed by atoms with Crippen LogP contribution >= 0.6 is 0 Å². The highest BCUT2D eigenvalue weighted by Crippen LogP contribution is 2.20. The number of rotatable bonds is 0. The number of likely N-dealkylation sites (N-methyl/N-ethyl adjacent to an activating group) is 1. The zero-order valence-corrected chi connectivity index (χ0v) is 7.93. The zero-order valence-electron chi connectivity index (χ0n) is 7.93. The molecule has 0 aromatic rings. The summed E-state index contributed by atoms with van der Waals surface area (Å²) in [7, 11) is 2.21. The van der Waals surface area contributed by atoms with Gasteiger partial charge in [0, 0.05) is 19.1 Å². The van der Waals surface area contributed by atoms with Gasteiger partial charge in [0.1, 0.15) is 0 Å². The van der Waals surface area contributed by atoms with Gasteiger partial charge >= 0.3 is 0 Å². The Kier molecular flexibility index (Phi) is 3.34. The molecule has 0 radical (unpaired) electrons. The maximum atomic E-state index is 3.51. The second kappa shape index (κ2) is 4.07. The average Bonchev–Trinajstić information content (AvgIpc) is 2.35. The fraction of sp³-hybridized carbons (Fsp3) is 1.00. The highest BCUT2D eigenvalue weighted by atomic mass is 15.2. The highest BCUT2D eigenvalue weighted by Gasteiger charge is 2.30. The van der Waals surface area contributed by atoms with E-state index < -0.39 is 0 Å². The standard InChI is InChI=1S/C7H14N2.C2H6/c1-9-4-6-2-7(5-9)8-3-6;1-2/h6-8H,2-5H2,1H3;1-2H3. The third-order valence-electron chi connectivity index (χ3n) is 2.41. The van der Waals surface area contributed by atoms with E-state index in [1.54, 1.807) is 0 Å². The lowest BCUT2D eigenvalue weighted by Gasteiger charge is -2.26. The van der Waals surface area contributed by atoms with E-state index in [0.717, 1.165) is 12.0 Å². The lowest BCUT2D eigenvalue weighted by atomic mass is 10.0. The Morgan fingerprint density at radius 2 is 2.00 bits per heavy atom. The quantitative estimate of drug-likeness (QED) is 0.561. The van der Waals surface area contributed by atoms with Crippen molar-refractivity contribution in [2.45, 2.75) is 26.3 Å². The predicted octanol–water partition coefficient (Wildman–Crippen LogP) is 0.936. The lowest BCUT2D eigenvalue weighted by Crippen LogP contribution is -2.38. The normalized spacial score (nSPS) is 36.3. The van der Waals surface area contributed by atoms with Crippen LogP contribution in [0.3, 0.4) is 0 Å². The molecule has 2 aliphatic heterocycles. The van der Waals surface area contributed by atoms with Crippen molar-refractivity contribution in [1.82, 2.24) is 10.2 Å². The predicted molar refractivity (Wildman–Crippen MR) is 48.7 cm³/mol. The smallest absolute Gasteiger partial charge is 0.0198 e. The van der Waals surface area contributed by atoms with Crippen LogP contribution in [0, 0.1) is 5.92 Å². The number of hydrogen-bond donors (Lipinski definition) is 1. The Morgan fingerprint density at radius 3 is 2.64 bits per heavy atom. The van der Waals surface area contributed by atoms with E-state index in [4.69, 9.17) is 0 Å². The largest absolute Gasteiger partial charge is 0.312 e. The molecule has 2 saturated heterocycles. The van der Waals surface area contributed by atoms with E-state index in [2.05, 4.69) is 17.3 Å². The van der Waals surface area contributed by atoms with Gasteiger partial charge in [0.25, 0.3) is 0 Å². The van der Waals surface area contributed by atoms with Gasteiger partial charge in [0.15, 0.2) is 0 Å². The SMILES string of the molecule is CC.CN1CC2CNC(C2)C1. The first kappa shape index (κ1) is 9.01. The molecule has 2 heterocycles. The van der Waals surface area contributed by atoms with E-state index in [0.29, 0.717) is 0 Å². The maximum absolute atomic E-state index is 3.51. The van der Waals surface area contributed by atoms with Crippen molar-refractivity contribution >= 4 is 0 Å². The fourth-order valence-electron chi connectivity index (χ4n) is 2.07. The molecule has 2 heteroatoms. The van der Waals surface area contributed by atoms with Crippen molar-refractivity contribution in [3.05, 3.63) is 0 Å². The molecule has 2 fully saturated rings. The molecule has 11 heavy (non-hydrogen) atoms. The van der Waals surface area contributed by atoms with Gasteiger partial charge in [-0.15, -0.1) is 0 Å². The van der Waals surface area contributed by atoms with Crippen molar-refractivity contribution < 1.29 is 0 Å². The molecule has 2 rings (SSSR count). The number of likely N-dealkylation sites (tertiary alicyclic amines) is 1. The Balaban J connectivity index is 0.000000281. The van der Waals surface area contributed by atoms with E-state index in [1.807, 2.05) is 13.8 Å². The van der Waals surface area contributed by atoms with E-state index in [9.17, 15) is 0 Å². The van der Waals surface area contributed by atoms with Gasteiger partial charge in [-0.05, 0) is 25.9 Å². The van der Waals surface area contributed by atoms with Gasteiger partial charge in [-0.25, -0.2) is 0 Å². The summed E-state index contributed by atoms with van der Waals surface area (Å²) in [4.78, 5) is 2.43. The molecule has 0 saturated carbocycles.